The molecule has 0 aliphatic carbocycles. The molecule has 0 saturated carbocycles. The maximum Gasteiger partial charge on any atom is 0.253 e. The van der Waals surface area contributed by atoms with E-state index in [9.17, 15) is 4.79 Å². The molecule has 0 spiro atoms. The van der Waals surface area contributed by atoms with Gasteiger partial charge in [0.05, 0.1) is 17.8 Å². The number of fused-ring (bicyclic) bond motifs is 1. The van der Waals surface area contributed by atoms with Crippen LogP contribution in [0.4, 0.5) is 5.82 Å². The van der Waals surface area contributed by atoms with Crippen molar-refractivity contribution >= 4 is 28.7 Å². The molecule has 0 aliphatic rings. The van der Waals surface area contributed by atoms with Gasteiger partial charge >= 0.3 is 0 Å². The number of nitrogens with one attached hydrogen (secondary N) is 1. The minimum atomic E-state index is -0.0654. The van der Waals surface area contributed by atoms with Crippen LogP contribution in [0.25, 0.3) is 5.65 Å². The first-order valence-corrected chi connectivity index (χ1v) is 10.6. The first kappa shape index (κ1) is 20.4. The van der Waals surface area contributed by atoms with Crippen molar-refractivity contribution in [2.24, 2.45) is 0 Å². The molecule has 150 valence electrons. The molecule has 0 bridgehead atoms. The van der Waals surface area contributed by atoms with Crippen molar-refractivity contribution in [3.63, 3.8) is 0 Å². The normalized spacial score (nSPS) is 11.3. The average molecular weight is 400 g/mol. The van der Waals surface area contributed by atoms with Crippen molar-refractivity contribution in [2.75, 3.05) is 38.6 Å². The molecule has 1 amide bonds. The fourth-order valence-electron chi connectivity index (χ4n) is 3.20. The number of thiophene rings is 1. The third kappa shape index (κ3) is 4.54. The van der Waals surface area contributed by atoms with Crippen LogP contribution in [0.3, 0.4) is 0 Å². The molecule has 0 atom stereocenters. The van der Waals surface area contributed by atoms with Crippen molar-refractivity contribution in [3.8, 4) is 0 Å². The van der Waals surface area contributed by atoms with Crippen molar-refractivity contribution in [1.29, 1.82) is 0 Å². The lowest BCUT2D eigenvalue weighted by Crippen LogP contribution is -2.33. The van der Waals surface area contributed by atoms with Gasteiger partial charge in [-0.15, -0.1) is 11.3 Å². The summed E-state index contributed by atoms with van der Waals surface area (Å²) in [6.07, 6.45) is 2.77. The summed E-state index contributed by atoms with van der Waals surface area (Å²) in [5.74, 6) is 1.03. The number of aryl methyl sites for hydroxylation is 1. The van der Waals surface area contributed by atoms with Crippen LogP contribution in [0.1, 0.15) is 34.8 Å². The topological polar surface area (TPSA) is 52.9 Å². The van der Waals surface area contributed by atoms with Gasteiger partial charge in [0, 0.05) is 30.7 Å². The van der Waals surface area contributed by atoms with Crippen LogP contribution >= 0.6 is 11.3 Å². The Bertz CT molecular complexity index is 916. The number of aromatic nitrogens is 2. The van der Waals surface area contributed by atoms with Crippen molar-refractivity contribution in [1.82, 2.24) is 19.6 Å². The lowest BCUT2D eigenvalue weighted by molar-refractivity contribution is 0.0951. The monoisotopic (exact) mass is 399 g/mol. The molecule has 0 aromatic carbocycles. The number of hydrogen-bond acceptors (Lipinski definition) is 5. The molecule has 0 saturated heterocycles. The van der Waals surface area contributed by atoms with Gasteiger partial charge in [-0.1, -0.05) is 13.0 Å². The van der Waals surface area contributed by atoms with Crippen molar-refractivity contribution in [3.05, 3.63) is 52.0 Å². The summed E-state index contributed by atoms with van der Waals surface area (Å²) >= 11 is 1.65. The lowest BCUT2D eigenvalue weighted by Gasteiger charge is -2.25. The molecule has 0 fully saturated rings. The standard InChI is InChI=1S/C21H29N5OS/c1-5-18-21(25(6-2)12-11-24(3)4)26-15-16(9-10-19(26)23-18)20(27)22-14-17-8-7-13-28-17/h7-10,13,15H,5-6,11-12,14H2,1-4H3,(H,22,27). The third-order valence-corrected chi connectivity index (χ3v) is 5.64. The van der Waals surface area contributed by atoms with Gasteiger partial charge in [-0.25, -0.2) is 4.98 Å². The molecule has 3 rings (SSSR count). The largest absolute Gasteiger partial charge is 0.355 e. The molecular weight excluding hydrogens is 370 g/mol. The van der Waals surface area contributed by atoms with Gasteiger partial charge in [-0.05, 0) is 51.0 Å². The Morgan fingerprint density at radius 1 is 1.21 bits per heavy atom. The Labute approximate surface area is 170 Å². The van der Waals surface area contributed by atoms with E-state index in [2.05, 4.69) is 47.5 Å². The van der Waals surface area contributed by atoms with Crippen LogP contribution in [-0.2, 0) is 13.0 Å². The van der Waals surface area contributed by atoms with Gasteiger partial charge in [-0.3, -0.25) is 9.20 Å². The van der Waals surface area contributed by atoms with Crippen LogP contribution in [0, 0.1) is 0 Å². The van der Waals surface area contributed by atoms with E-state index in [-0.39, 0.29) is 5.91 Å². The second kappa shape index (κ2) is 9.21. The molecule has 3 aromatic heterocycles. The average Bonchev–Trinajstić information content (AvgIpc) is 3.33. The highest BCUT2D eigenvalue weighted by atomic mass is 32.1. The zero-order valence-electron chi connectivity index (χ0n) is 17.1. The van der Waals surface area contributed by atoms with Gasteiger partial charge in [0.15, 0.2) is 0 Å². The van der Waals surface area contributed by atoms with Gasteiger partial charge in [-0.2, -0.15) is 0 Å². The first-order valence-electron chi connectivity index (χ1n) is 9.74. The van der Waals surface area contributed by atoms with E-state index in [1.807, 2.05) is 35.8 Å². The van der Waals surface area contributed by atoms with E-state index >= 15 is 0 Å². The Kier molecular flexibility index (Phi) is 6.70. The molecule has 6 nitrogen and oxygen atoms in total. The number of pyridine rings is 1. The van der Waals surface area contributed by atoms with Gasteiger partial charge in [0.1, 0.15) is 11.5 Å². The summed E-state index contributed by atoms with van der Waals surface area (Å²) in [6.45, 7) is 7.61. The molecular formula is C21H29N5OS. The number of hydrogen-bond donors (Lipinski definition) is 1. The molecule has 0 radical (unpaired) electrons. The molecule has 3 heterocycles. The summed E-state index contributed by atoms with van der Waals surface area (Å²) < 4.78 is 2.07. The molecule has 28 heavy (non-hydrogen) atoms. The minimum Gasteiger partial charge on any atom is -0.355 e. The Balaban J connectivity index is 1.89. The zero-order chi connectivity index (χ0) is 20.1. The van der Waals surface area contributed by atoms with Crippen LogP contribution in [-0.4, -0.2) is 53.9 Å². The quantitative estimate of drug-likeness (QED) is 0.600. The molecule has 7 heteroatoms. The minimum absolute atomic E-state index is 0.0654. The van der Waals surface area contributed by atoms with E-state index in [1.54, 1.807) is 11.3 Å². The maximum absolute atomic E-state index is 12.7. The fraction of sp³-hybridized carbons (Fsp3) is 0.429. The number of likely N-dealkylation sites (N-methyl/N-ethyl adjacent to an activating group) is 2. The van der Waals surface area contributed by atoms with Gasteiger partial charge in [0.25, 0.3) is 5.91 Å². The predicted molar refractivity (Wildman–Crippen MR) is 117 cm³/mol. The Morgan fingerprint density at radius 3 is 2.68 bits per heavy atom. The highest BCUT2D eigenvalue weighted by molar-refractivity contribution is 7.09. The van der Waals surface area contributed by atoms with Crippen LogP contribution in [0.2, 0.25) is 0 Å². The Morgan fingerprint density at radius 2 is 2.04 bits per heavy atom. The van der Waals surface area contributed by atoms with E-state index < -0.39 is 0 Å². The predicted octanol–water partition coefficient (Wildman–Crippen LogP) is 3.28. The summed E-state index contributed by atoms with van der Waals surface area (Å²) in [5.41, 5.74) is 2.59. The number of nitrogens with zero attached hydrogens (tertiary/aromatic N) is 4. The molecule has 0 aliphatic heterocycles. The highest BCUT2D eigenvalue weighted by Crippen LogP contribution is 2.24. The summed E-state index contributed by atoms with van der Waals surface area (Å²) in [6, 6.07) is 7.81. The number of amides is 1. The highest BCUT2D eigenvalue weighted by Gasteiger charge is 2.18. The van der Waals surface area contributed by atoms with Crippen LogP contribution in [0.5, 0.6) is 0 Å². The number of carbonyl (C=O) groups is 1. The third-order valence-electron chi connectivity index (χ3n) is 4.76. The maximum atomic E-state index is 12.7. The van der Waals surface area contributed by atoms with Crippen LogP contribution < -0.4 is 10.2 Å². The molecule has 0 unspecified atom stereocenters. The summed E-state index contributed by atoms with van der Waals surface area (Å²) in [4.78, 5) is 23.1. The second-order valence-corrected chi connectivity index (χ2v) is 8.06. The van der Waals surface area contributed by atoms with Gasteiger partial charge in [0.2, 0.25) is 0 Å². The van der Waals surface area contributed by atoms with Gasteiger partial charge < -0.3 is 15.1 Å². The fourth-order valence-corrected chi connectivity index (χ4v) is 3.85. The number of anilines is 1. The second-order valence-electron chi connectivity index (χ2n) is 7.03. The summed E-state index contributed by atoms with van der Waals surface area (Å²) in [5, 5.41) is 5.03. The van der Waals surface area contributed by atoms with Crippen molar-refractivity contribution in [2.45, 2.75) is 26.8 Å². The lowest BCUT2D eigenvalue weighted by atomic mass is 10.2. The van der Waals surface area contributed by atoms with E-state index in [1.165, 1.54) is 0 Å². The molecule has 1 N–H and O–H groups in total. The van der Waals surface area contributed by atoms with Crippen LogP contribution in [0.15, 0.2) is 35.8 Å². The van der Waals surface area contributed by atoms with E-state index in [0.29, 0.717) is 12.1 Å². The van der Waals surface area contributed by atoms with Crippen molar-refractivity contribution < 1.29 is 4.79 Å². The smallest absolute Gasteiger partial charge is 0.253 e. The van der Waals surface area contributed by atoms with E-state index in [4.69, 9.17) is 4.98 Å². The number of carbonyl (C=O) groups excluding carboxylic acids is 1. The first-order chi connectivity index (χ1) is 13.5. The zero-order valence-corrected chi connectivity index (χ0v) is 17.9. The number of rotatable bonds is 9. The SMILES string of the molecule is CCc1nc2ccc(C(=O)NCc3cccs3)cn2c1N(CC)CCN(C)C. The van der Waals surface area contributed by atoms with E-state index in [0.717, 1.165) is 48.1 Å². The molecule has 3 aromatic rings. The number of imidazole rings is 1. The Hall–Kier alpha value is -2.38. The summed E-state index contributed by atoms with van der Waals surface area (Å²) in [7, 11) is 4.16.